The Balaban J connectivity index is 2.49. The summed E-state index contributed by atoms with van der Waals surface area (Å²) in [6.07, 6.45) is 0. The average molecular weight is 164 g/mol. The van der Waals surface area contributed by atoms with E-state index in [0.717, 1.165) is 5.75 Å². The molecule has 0 spiro atoms. The van der Waals surface area contributed by atoms with Crippen molar-refractivity contribution in [2.75, 3.05) is 11.5 Å². The highest BCUT2D eigenvalue weighted by Crippen LogP contribution is 2.26. The second-order valence-electron chi connectivity index (χ2n) is 1.90. The summed E-state index contributed by atoms with van der Waals surface area (Å²) in [5.41, 5.74) is 0. The van der Waals surface area contributed by atoms with Crippen LogP contribution in [0.25, 0.3) is 0 Å². The van der Waals surface area contributed by atoms with Crippen molar-refractivity contribution in [2.24, 2.45) is 0 Å². The van der Waals surface area contributed by atoms with Crippen LogP contribution in [0.4, 0.5) is 0 Å². The van der Waals surface area contributed by atoms with Crippen molar-refractivity contribution in [1.82, 2.24) is 0 Å². The Labute approximate surface area is 61.6 Å². The van der Waals surface area contributed by atoms with E-state index in [2.05, 4.69) is 0 Å². The summed E-state index contributed by atoms with van der Waals surface area (Å²) in [5, 5.41) is 0. The topological polar surface area (TPSA) is 40.1 Å². The Morgan fingerprint density at radius 1 is 1.89 bits per heavy atom. The van der Waals surface area contributed by atoms with Crippen LogP contribution in [0, 0.1) is 0 Å². The molecule has 1 aliphatic rings. The Morgan fingerprint density at radius 2 is 2.56 bits per heavy atom. The van der Waals surface area contributed by atoms with Crippen LogP contribution in [0.1, 0.15) is 6.92 Å². The molecule has 4 heteroatoms. The molecule has 0 N–H and O–H groups in total. The fourth-order valence-corrected chi connectivity index (χ4v) is 3.98. The first-order valence-electron chi connectivity index (χ1n) is 2.71. The molecule has 2 atom stereocenters. The predicted molar refractivity (Wildman–Crippen MR) is 39.9 cm³/mol. The smallest absolute Gasteiger partial charge is 0.218 e. The number of thioether (sulfide) groups is 1. The van der Waals surface area contributed by atoms with Gasteiger partial charge in [-0.2, -0.15) is 0 Å². The van der Waals surface area contributed by atoms with Gasteiger partial charge in [0, 0.05) is 12.7 Å². The molecule has 0 amide bonds. The Kier molecular flexibility index (Phi) is 2.43. The van der Waals surface area contributed by atoms with Gasteiger partial charge in [-0.3, -0.25) is 4.79 Å². The van der Waals surface area contributed by atoms with Crippen molar-refractivity contribution in [3.8, 4) is 0 Å². The first kappa shape index (κ1) is 7.44. The molecule has 1 saturated heterocycles. The zero-order valence-electron chi connectivity index (χ0n) is 5.12. The molecule has 0 radical (unpaired) electrons. The minimum absolute atomic E-state index is 0.0517. The van der Waals surface area contributed by atoms with E-state index in [1.807, 2.05) is 0 Å². The fraction of sp³-hybridized carbons (Fsp3) is 0.800. The summed E-state index contributed by atoms with van der Waals surface area (Å²) in [4.78, 5) is 10.6. The molecular formula is C5H8O2S2. The molecule has 0 aromatic rings. The van der Waals surface area contributed by atoms with Crippen LogP contribution in [-0.2, 0) is 16.0 Å². The highest BCUT2D eigenvalue weighted by Gasteiger charge is 2.33. The van der Waals surface area contributed by atoms with Crippen molar-refractivity contribution in [3.05, 3.63) is 0 Å². The van der Waals surface area contributed by atoms with E-state index >= 15 is 0 Å². The molecule has 0 saturated carbocycles. The summed E-state index contributed by atoms with van der Waals surface area (Å²) in [6, 6.07) is 0. The first-order chi connectivity index (χ1) is 4.22. The zero-order valence-corrected chi connectivity index (χ0v) is 6.76. The van der Waals surface area contributed by atoms with Gasteiger partial charge in [0.1, 0.15) is 5.75 Å². The van der Waals surface area contributed by atoms with Crippen LogP contribution < -0.4 is 0 Å². The first-order valence-corrected chi connectivity index (χ1v) is 5.14. The summed E-state index contributed by atoms with van der Waals surface area (Å²) in [5.74, 6) is 1.61. The van der Waals surface area contributed by atoms with Gasteiger partial charge in [0.05, 0.1) is 0 Å². The minimum atomic E-state index is -0.877. The molecule has 9 heavy (non-hydrogen) atoms. The van der Waals surface area contributed by atoms with Gasteiger partial charge in [-0.15, -0.1) is 0 Å². The van der Waals surface area contributed by atoms with Gasteiger partial charge < -0.3 is 4.55 Å². The number of rotatable bonds is 1. The number of Topliss-reactive ketones (excluding diaryl/α,β-unsaturated/α-hetero) is 1. The maximum absolute atomic E-state index is 10.9. The van der Waals surface area contributed by atoms with Crippen molar-refractivity contribution >= 4 is 28.7 Å². The van der Waals surface area contributed by atoms with E-state index in [1.165, 1.54) is 18.7 Å². The molecule has 0 aliphatic carbocycles. The molecule has 1 aliphatic heterocycles. The fourth-order valence-electron chi connectivity index (χ4n) is 0.723. The third-order valence-electron chi connectivity index (χ3n) is 1.12. The van der Waals surface area contributed by atoms with Crippen molar-refractivity contribution in [3.63, 3.8) is 0 Å². The summed E-state index contributed by atoms with van der Waals surface area (Å²) in [7, 11) is 0. The van der Waals surface area contributed by atoms with Gasteiger partial charge in [0.15, 0.2) is 5.78 Å². The Morgan fingerprint density at radius 3 is 2.78 bits per heavy atom. The quantitative estimate of drug-likeness (QED) is 0.527. The molecule has 2 unspecified atom stereocenters. The average Bonchev–Trinajstić information content (AvgIpc) is 2.13. The number of hydrogen-bond acceptors (Lipinski definition) is 3. The molecule has 1 rings (SSSR count). The number of ketones is 1. The lowest BCUT2D eigenvalue weighted by atomic mass is 10.5. The van der Waals surface area contributed by atoms with Gasteiger partial charge in [0.2, 0.25) is 4.58 Å². The van der Waals surface area contributed by atoms with E-state index in [9.17, 15) is 9.35 Å². The minimum Gasteiger partial charge on any atom is -0.615 e. The van der Waals surface area contributed by atoms with E-state index in [0.29, 0.717) is 5.75 Å². The summed E-state index contributed by atoms with van der Waals surface area (Å²) >= 11 is 0.632. The SMILES string of the molecule is CC(=O)C1SCC[S+]1[O-]. The van der Waals surface area contributed by atoms with Gasteiger partial charge in [0.25, 0.3) is 0 Å². The third-order valence-corrected chi connectivity index (χ3v) is 4.93. The Hall–Kier alpha value is 0.330. The number of carbonyl (C=O) groups excluding carboxylic acids is 1. The lowest BCUT2D eigenvalue weighted by molar-refractivity contribution is -0.115. The summed E-state index contributed by atoms with van der Waals surface area (Å²) < 4.78 is 10.7. The van der Waals surface area contributed by atoms with Crippen molar-refractivity contribution in [1.29, 1.82) is 0 Å². The van der Waals surface area contributed by atoms with Crippen LogP contribution in [0.15, 0.2) is 0 Å². The second kappa shape index (κ2) is 2.94. The normalized spacial score (nSPS) is 34.9. The number of carbonyl (C=O) groups is 1. The van der Waals surface area contributed by atoms with E-state index in [4.69, 9.17) is 0 Å². The van der Waals surface area contributed by atoms with Crippen molar-refractivity contribution in [2.45, 2.75) is 11.5 Å². The second-order valence-corrected chi connectivity index (χ2v) is 5.05. The van der Waals surface area contributed by atoms with E-state index < -0.39 is 11.2 Å². The molecule has 0 bridgehead atoms. The Bertz CT molecular complexity index is 126. The molecule has 0 aromatic carbocycles. The molecule has 1 heterocycles. The van der Waals surface area contributed by atoms with Crippen LogP contribution in [-0.4, -0.2) is 26.4 Å². The lowest BCUT2D eigenvalue weighted by Crippen LogP contribution is -2.21. The monoisotopic (exact) mass is 164 g/mol. The van der Waals surface area contributed by atoms with E-state index in [-0.39, 0.29) is 10.4 Å². The van der Waals surface area contributed by atoms with Gasteiger partial charge in [-0.05, 0) is 11.2 Å². The third kappa shape index (κ3) is 1.63. The molecule has 0 aromatic heterocycles. The largest absolute Gasteiger partial charge is 0.615 e. The van der Waals surface area contributed by atoms with Gasteiger partial charge in [-0.1, -0.05) is 11.8 Å². The van der Waals surface area contributed by atoms with Gasteiger partial charge in [-0.25, -0.2) is 0 Å². The highest BCUT2D eigenvalue weighted by molar-refractivity contribution is 8.17. The van der Waals surface area contributed by atoms with Crippen molar-refractivity contribution < 1.29 is 9.35 Å². The maximum Gasteiger partial charge on any atom is 0.218 e. The summed E-state index contributed by atoms with van der Waals surface area (Å²) in [6.45, 7) is 1.50. The molecule has 1 fully saturated rings. The van der Waals surface area contributed by atoms with Gasteiger partial charge >= 0.3 is 0 Å². The standard InChI is InChI=1S/C5H8O2S2/c1-4(6)5-8-2-3-9(5)7/h5H,2-3H2,1H3. The van der Waals surface area contributed by atoms with Crippen LogP contribution >= 0.6 is 11.8 Å². The molecule has 52 valence electrons. The van der Waals surface area contributed by atoms with E-state index in [1.54, 1.807) is 0 Å². The number of hydrogen-bond donors (Lipinski definition) is 0. The molecule has 2 nitrogen and oxygen atoms in total. The van der Waals surface area contributed by atoms with Crippen LogP contribution in [0.2, 0.25) is 0 Å². The van der Waals surface area contributed by atoms with Crippen LogP contribution in [0.3, 0.4) is 0 Å². The predicted octanol–water partition coefficient (Wildman–Crippen LogP) is 0.397. The zero-order chi connectivity index (χ0) is 6.85. The lowest BCUT2D eigenvalue weighted by Gasteiger charge is -2.07. The van der Waals surface area contributed by atoms with Crippen LogP contribution in [0.5, 0.6) is 0 Å². The maximum atomic E-state index is 10.9. The highest BCUT2D eigenvalue weighted by atomic mass is 32.3. The molecular weight excluding hydrogens is 156 g/mol.